The zero-order valence-corrected chi connectivity index (χ0v) is 15.0. The van der Waals surface area contributed by atoms with E-state index in [9.17, 15) is 9.59 Å². The first-order valence-electron chi connectivity index (χ1n) is 8.73. The maximum absolute atomic E-state index is 12.3. The molecule has 3 aromatic rings. The van der Waals surface area contributed by atoms with Crippen LogP contribution in [0.4, 0.5) is 5.95 Å². The maximum Gasteiger partial charge on any atom is 0.329 e. The van der Waals surface area contributed by atoms with Crippen LogP contribution >= 0.6 is 0 Å². The van der Waals surface area contributed by atoms with Crippen LogP contribution in [0.1, 0.15) is 19.8 Å². The number of aromatic nitrogens is 4. The fourth-order valence-electron chi connectivity index (χ4n) is 2.75. The fourth-order valence-corrected chi connectivity index (χ4v) is 2.75. The number of nitrogens with zero attached hydrogens (tertiary/aromatic N) is 3. The summed E-state index contributed by atoms with van der Waals surface area (Å²) in [4.78, 5) is 31.0. The molecular weight excluding hydrogens is 334 g/mol. The molecule has 0 fully saturated rings. The van der Waals surface area contributed by atoms with E-state index in [-0.39, 0.29) is 0 Å². The Balaban J connectivity index is 1.84. The minimum Gasteiger partial charge on any atom is -0.494 e. The third-order valence-electron chi connectivity index (χ3n) is 4.08. The van der Waals surface area contributed by atoms with E-state index in [0.717, 1.165) is 18.7 Å². The lowest BCUT2D eigenvalue weighted by molar-refractivity contribution is 0.303. The highest BCUT2D eigenvalue weighted by Gasteiger charge is 2.16. The van der Waals surface area contributed by atoms with Crippen LogP contribution in [0.25, 0.3) is 11.2 Å². The van der Waals surface area contributed by atoms with Crippen LogP contribution in [0.3, 0.4) is 0 Å². The van der Waals surface area contributed by atoms with Crippen LogP contribution in [-0.4, -0.2) is 32.3 Å². The van der Waals surface area contributed by atoms with Crippen LogP contribution in [0.2, 0.25) is 0 Å². The molecule has 0 bridgehead atoms. The van der Waals surface area contributed by atoms with E-state index in [0.29, 0.717) is 36.7 Å². The van der Waals surface area contributed by atoms with Gasteiger partial charge in [0, 0.05) is 20.1 Å². The number of nitrogens with one attached hydrogen (secondary N) is 2. The molecule has 0 amide bonds. The number of fused-ring (bicyclic) bond motifs is 1. The quantitative estimate of drug-likeness (QED) is 0.599. The Kier molecular flexibility index (Phi) is 5.40. The molecule has 8 nitrogen and oxygen atoms in total. The van der Waals surface area contributed by atoms with E-state index >= 15 is 0 Å². The minimum atomic E-state index is -0.471. The van der Waals surface area contributed by atoms with Crippen LogP contribution in [0, 0.1) is 0 Å². The Morgan fingerprint density at radius 2 is 2.00 bits per heavy atom. The van der Waals surface area contributed by atoms with Crippen molar-refractivity contribution >= 4 is 17.1 Å². The van der Waals surface area contributed by atoms with Gasteiger partial charge < -0.3 is 14.6 Å². The van der Waals surface area contributed by atoms with E-state index < -0.39 is 11.2 Å². The van der Waals surface area contributed by atoms with Crippen molar-refractivity contribution in [1.82, 2.24) is 19.1 Å². The molecule has 8 heteroatoms. The summed E-state index contributed by atoms with van der Waals surface area (Å²) >= 11 is 0. The monoisotopic (exact) mass is 357 g/mol. The smallest absolute Gasteiger partial charge is 0.329 e. The van der Waals surface area contributed by atoms with Gasteiger partial charge in [-0.15, -0.1) is 0 Å². The predicted molar refractivity (Wildman–Crippen MR) is 101 cm³/mol. The van der Waals surface area contributed by atoms with Crippen LogP contribution in [-0.2, 0) is 13.6 Å². The van der Waals surface area contributed by atoms with E-state index in [1.807, 2.05) is 34.9 Å². The SMILES string of the molecule is CCCNc1nc2c(c(=O)[nH]c(=O)n2C)n1CCCOc1ccccc1. The Morgan fingerprint density at radius 1 is 1.23 bits per heavy atom. The first-order chi connectivity index (χ1) is 12.6. The number of aromatic amines is 1. The molecule has 138 valence electrons. The highest BCUT2D eigenvalue weighted by Crippen LogP contribution is 2.16. The van der Waals surface area contributed by atoms with Gasteiger partial charge in [0.2, 0.25) is 5.95 Å². The number of H-pyrrole nitrogens is 1. The summed E-state index contributed by atoms with van der Waals surface area (Å²) in [5.41, 5.74) is -0.127. The second-order valence-corrected chi connectivity index (χ2v) is 6.02. The van der Waals surface area contributed by atoms with Crippen molar-refractivity contribution in [3.63, 3.8) is 0 Å². The van der Waals surface area contributed by atoms with Crippen molar-refractivity contribution in [2.45, 2.75) is 26.3 Å². The van der Waals surface area contributed by atoms with Crippen LogP contribution < -0.4 is 21.3 Å². The van der Waals surface area contributed by atoms with Gasteiger partial charge in [-0.25, -0.2) is 4.79 Å². The minimum absolute atomic E-state index is 0.376. The topological polar surface area (TPSA) is 93.9 Å². The zero-order chi connectivity index (χ0) is 18.5. The lowest BCUT2D eigenvalue weighted by Gasteiger charge is -2.10. The van der Waals surface area contributed by atoms with E-state index in [4.69, 9.17) is 4.74 Å². The number of benzene rings is 1. The van der Waals surface area contributed by atoms with Gasteiger partial charge in [0.25, 0.3) is 5.56 Å². The van der Waals surface area contributed by atoms with Gasteiger partial charge >= 0.3 is 5.69 Å². The number of ether oxygens (including phenoxy) is 1. The molecule has 1 aromatic carbocycles. The van der Waals surface area contributed by atoms with E-state index in [1.54, 1.807) is 7.05 Å². The van der Waals surface area contributed by atoms with Crippen LogP contribution in [0.5, 0.6) is 5.75 Å². The highest BCUT2D eigenvalue weighted by molar-refractivity contribution is 5.74. The molecule has 0 atom stereocenters. The standard InChI is InChI=1S/C18H23N5O3/c1-3-10-19-17-20-15-14(16(24)21-18(25)22(15)2)23(17)11-7-12-26-13-8-5-4-6-9-13/h4-6,8-9H,3,7,10-12H2,1-2H3,(H,19,20)(H,21,24,25). The molecule has 0 aliphatic carbocycles. The third kappa shape index (κ3) is 3.63. The summed E-state index contributed by atoms with van der Waals surface area (Å²) in [7, 11) is 1.60. The molecule has 0 aliphatic rings. The van der Waals surface area contributed by atoms with Crippen LogP contribution in [0.15, 0.2) is 39.9 Å². The number of hydrogen-bond acceptors (Lipinski definition) is 5. The molecule has 26 heavy (non-hydrogen) atoms. The van der Waals surface area contributed by atoms with Gasteiger partial charge in [-0.05, 0) is 25.0 Å². The maximum atomic E-state index is 12.3. The molecule has 0 spiro atoms. The molecule has 2 N–H and O–H groups in total. The van der Waals surface area contributed by atoms with Crippen molar-refractivity contribution in [3.8, 4) is 5.75 Å². The first-order valence-corrected chi connectivity index (χ1v) is 8.73. The van der Waals surface area contributed by atoms with Gasteiger partial charge in [0.1, 0.15) is 5.75 Å². The molecule has 2 heterocycles. The second kappa shape index (κ2) is 7.90. The number of para-hydroxylation sites is 1. The summed E-state index contributed by atoms with van der Waals surface area (Å²) in [5, 5.41) is 3.23. The average Bonchev–Trinajstić information content (AvgIpc) is 3.01. The first kappa shape index (κ1) is 17.8. The summed E-state index contributed by atoms with van der Waals surface area (Å²) in [6, 6.07) is 9.59. The molecule has 0 aliphatic heterocycles. The van der Waals surface area contributed by atoms with E-state index in [2.05, 4.69) is 22.2 Å². The molecule has 0 radical (unpaired) electrons. The summed E-state index contributed by atoms with van der Waals surface area (Å²) in [6.45, 7) is 3.85. The lowest BCUT2D eigenvalue weighted by atomic mass is 10.3. The molecule has 0 unspecified atom stereocenters. The Morgan fingerprint density at radius 3 is 2.73 bits per heavy atom. The third-order valence-corrected chi connectivity index (χ3v) is 4.08. The lowest BCUT2D eigenvalue weighted by Crippen LogP contribution is -2.29. The molecule has 3 rings (SSSR count). The van der Waals surface area contributed by atoms with Gasteiger partial charge in [-0.1, -0.05) is 25.1 Å². The fraction of sp³-hybridized carbons (Fsp3) is 0.389. The summed E-state index contributed by atoms with van der Waals surface area (Å²) in [6.07, 6.45) is 1.62. The second-order valence-electron chi connectivity index (χ2n) is 6.02. The van der Waals surface area contributed by atoms with Gasteiger partial charge in [0.15, 0.2) is 11.2 Å². The predicted octanol–water partition coefficient (Wildman–Crippen LogP) is 1.71. The Hall–Kier alpha value is -3.03. The Bertz CT molecular complexity index is 988. The van der Waals surface area contributed by atoms with Crippen molar-refractivity contribution < 1.29 is 4.74 Å². The largest absolute Gasteiger partial charge is 0.494 e. The number of aryl methyl sites for hydroxylation is 2. The Labute approximate surface area is 150 Å². The van der Waals surface area contributed by atoms with Crippen molar-refractivity contribution in [2.75, 3.05) is 18.5 Å². The number of hydrogen-bond donors (Lipinski definition) is 2. The summed E-state index contributed by atoms with van der Waals surface area (Å²) in [5.74, 6) is 1.40. The molecule has 2 aromatic heterocycles. The zero-order valence-electron chi connectivity index (χ0n) is 15.0. The van der Waals surface area contributed by atoms with Crippen molar-refractivity contribution in [1.29, 1.82) is 0 Å². The highest BCUT2D eigenvalue weighted by atomic mass is 16.5. The van der Waals surface area contributed by atoms with Crippen molar-refractivity contribution in [2.24, 2.45) is 7.05 Å². The normalized spacial score (nSPS) is 11.0. The summed E-state index contributed by atoms with van der Waals surface area (Å²) < 4.78 is 8.88. The van der Waals surface area contributed by atoms with Gasteiger partial charge in [0.05, 0.1) is 6.61 Å². The number of rotatable bonds is 8. The van der Waals surface area contributed by atoms with Gasteiger partial charge in [-0.3, -0.25) is 14.3 Å². The number of anilines is 1. The van der Waals surface area contributed by atoms with Gasteiger partial charge in [-0.2, -0.15) is 4.98 Å². The molecule has 0 saturated heterocycles. The molecular formula is C18H23N5O3. The van der Waals surface area contributed by atoms with E-state index in [1.165, 1.54) is 4.57 Å². The average molecular weight is 357 g/mol. The van der Waals surface area contributed by atoms with Crippen molar-refractivity contribution in [3.05, 3.63) is 51.2 Å². The molecule has 0 saturated carbocycles. The number of imidazole rings is 1.